The van der Waals surface area contributed by atoms with Crippen LogP contribution in [0.25, 0.3) is 5.65 Å². The highest BCUT2D eigenvalue weighted by Crippen LogP contribution is 2.28. The summed E-state index contributed by atoms with van der Waals surface area (Å²) >= 11 is 5.93. The molecule has 7 nitrogen and oxygen atoms in total. The van der Waals surface area contributed by atoms with E-state index in [2.05, 4.69) is 10.3 Å². The Kier molecular flexibility index (Phi) is 4.26. The number of aromatic nitrogens is 2. The molecular weight excluding hydrogens is 334 g/mol. The van der Waals surface area contributed by atoms with Crippen LogP contribution in [0.15, 0.2) is 39.6 Å². The van der Waals surface area contributed by atoms with Crippen LogP contribution in [0.2, 0.25) is 5.02 Å². The third-order valence-electron chi connectivity index (χ3n) is 3.15. The number of anilines is 1. The van der Waals surface area contributed by atoms with Gasteiger partial charge in [-0.2, -0.15) is 0 Å². The highest BCUT2D eigenvalue weighted by Gasteiger charge is 2.10. The van der Waals surface area contributed by atoms with Crippen molar-refractivity contribution < 1.29 is 14.1 Å². The molecule has 2 heterocycles. The summed E-state index contributed by atoms with van der Waals surface area (Å²) in [6.07, 6.45) is 0. The number of nitrogens with zero attached hydrogens (tertiary/aromatic N) is 2. The van der Waals surface area contributed by atoms with Crippen LogP contribution in [0.3, 0.4) is 0 Å². The first-order chi connectivity index (χ1) is 11.4. The summed E-state index contributed by atoms with van der Waals surface area (Å²) in [4.78, 5) is 27.6. The number of benzene rings is 1. The van der Waals surface area contributed by atoms with Gasteiger partial charge in [0.1, 0.15) is 18.1 Å². The first-order valence-electron chi connectivity index (χ1n) is 7.12. The number of fused-ring (bicyclic) bond motifs is 1. The lowest BCUT2D eigenvalue weighted by Crippen LogP contribution is -2.14. The molecular formula is C16H14ClN3O4. The molecule has 0 spiro atoms. The van der Waals surface area contributed by atoms with Gasteiger partial charge in [-0.1, -0.05) is 11.6 Å². The minimum atomic E-state index is -0.329. The minimum absolute atomic E-state index is 0.0597. The number of carbonyl (C=O) groups excluding carboxylic acids is 1. The number of hydrogen-bond acceptors (Lipinski definition) is 5. The van der Waals surface area contributed by atoms with Crippen LogP contribution in [-0.2, 0) is 11.4 Å². The number of amides is 1. The normalized spacial score (nSPS) is 10.8. The number of carbonyl (C=O) groups is 1. The number of nitrogens with one attached hydrogen (secondary N) is 1. The maximum absolute atomic E-state index is 12.0. The van der Waals surface area contributed by atoms with Crippen molar-refractivity contribution in [2.75, 3.05) is 5.32 Å². The van der Waals surface area contributed by atoms with Gasteiger partial charge in [-0.15, -0.1) is 4.57 Å². The SMILES string of the molecule is CC(=O)Nc1cc(Cl)ccc1OCc1cc(=O)n2oc(C)cc2n1. The van der Waals surface area contributed by atoms with Crippen LogP contribution in [0.4, 0.5) is 5.69 Å². The number of ether oxygens (including phenoxy) is 1. The maximum Gasteiger partial charge on any atom is 0.287 e. The molecule has 24 heavy (non-hydrogen) atoms. The fraction of sp³-hybridized carbons (Fsp3) is 0.188. The fourth-order valence-electron chi connectivity index (χ4n) is 2.21. The minimum Gasteiger partial charge on any atom is -0.485 e. The van der Waals surface area contributed by atoms with Crippen LogP contribution in [-0.4, -0.2) is 15.5 Å². The molecule has 3 aromatic rings. The van der Waals surface area contributed by atoms with Crippen molar-refractivity contribution in [3.05, 3.63) is 57.2 Å². The Morgan fingerprint density at radius 1 is 1.38 bits per heavy atom. The third kappa shape index (κ3) is 3.41. The smallest absolute Gasteiger partial charge is 0.287 e. The first-order valence-corrected chi connectivity index (χ1v) is 7.50. The van der Waals surface area contributed by atoms with E-state index >= 15 is 0 Å². The largest absolute Gasteiger partial charge is 0.485 e. The molecule has 124 valence electrons. The lowest BCUT2D eigenvalue weighted by molar-refractivity contribution is -0.114. The van der Waals surface area contributed by atoms with Crippen LogP contribution in [0.5, 0.6) is 5.75 Å². The number of aryl methyl sites for hydroxylation is 1. The van der Waals surface area contributed by atoms with Gasteiger partial charge in [0.05, 0.1) is 11.4 Å². The zero-order chi connectivity index (χ0) is 17.3. The standard InChI is InChI=1S/C16H14ClN3O4/c1-9-5-15-19-12(7-16(22)20(15)24-9)8-23-14-4-3-11(17)6-13(14)18-10(2)21/h3-7H,8H2,1-2H3,(H,18,21). The molecule has 0 saturated carbocycles. The monoisotopic (exact) mass is 347 g/mol. The highest BCUT2D eigenvalue weighted by molar-refractivity contribution is 6.31. The summed E-state index contributed by atoms with van der Waals surface area (Å²) in [7, 11) is 0. The van der Waals surface area contributed by atoms with Crippen LogP contribution in [0, 0.1) is 6.92 Å². The molecule has 1 N–H and O–H groups in total. The van der Waals surface area contributed by atoms with Crippen molar-refractivity contribution >= 4 is 28.8 Å². The second kappa shape index (κ2) is 6.37. The number of halogens is 1. The van der Waals surface area contributed by atoms with Gasteiger partial charge in [-0.25, -0.2) is 4.98 Å². The van der Waals surface area contributed by atoms with Crippen molar-refractivity contribution in [3.8, 4) is 5.75 Å². The summed E-state index contributed by atoms with van der Waals surface area (Å²) in [5.41, 5.74) is 0.984. The van der Waals surface area contributed by atoms with E-state index in [1.807, 2.05) is 0 Å². The van der Waals surface area contributed by atoms with Crippen molar-refractivity contribution in [1.82, 2.24) is 9.56 Å². The predicted molar refractivity (Wildman–Crippen MR) is 88.6 cm³/mol. The van der Waals surface area contributed by atoms with Crippen molar-refractivity contribution in [1.29, 1.82) is 0 Å². The van der Waals surface area contributed by atoms with E-state index in [0.717, 1.165) is 4.57 Å². The topological polar surface area (TPSA) is 85.8 Å². The molecule has 0 bridgehead atoms. The Hall–Kier alpha value is -2.80. The number of hydrogen-bond donors (Lipinski definition) is 1. The summed E-state index contributed by atoms with van der Waals surface area (Å²) in [5.74, 6) is 0.775. The summed E-state index contributed by atoms with van der Waals surface area (Å²) in [5, 5.41) is 3.12. The van der Waals surface area contributed by atoms with Crippen LogP contribution < -0.4 is 15.6 Å². The molecule has 0 unspecified atom stereocenters. The molecule has 0 aliphatic rings. The van der Waals surface area contributed by atoms with E-state index < -0.39 is 0 Å². The van der Waals surface area contributed by atoms with Gasteiger partial charge in [-0.3, -0.25) is 9.59 Å². The Labute approximate surface area is 141 Å². The molecule has 8 heteroatoms. The van der Waals surface area contributed by atoms with Crippen molar-refractivity contribution in [2.24, 2.45) is 0 Å². The number of rotatable bonds is 4. The first kappa shape index (κ1) is 16.1. The molecule has 0 radical (unpaired) electrons. The van der Waals surface area contributed by atoms with Gasteiger partial charge in [0.2, 0.25) is 5.91 Å². The Bertz CT molecular complexity index is 977. The van der Waals surface area contributed by atoms with E-state index in [1.54, 1.807) is 31.2 Å². The lowest BCUT2D eigenvalue weighted by Gasteiger charge is -2.11. The highest BCUT2D eigenvalue weighted by atomic mass is 35.5. The maximum atomic E-state index is 12.0. The third-order valence-corrected chi connectivity index (χ3v) is 3.39. The van der Waals surface area contributed by atoms with E-state index in [0.29, 0.717) is 33.6 Å². The summed E-state index contributed by atoms with van der Waals surface area (Å²) < 4.78 is 12.0. The van der Waals surface area contributed by atoms with Crippen LogP contribution in [0.1, 0.15) is 18.4 Å². The molecule has 3 rings (SSSR count). The average molecular weight is 348 g/mol. The van der Waals surface area contributed by atoms with Crippen molar-refractivity contribution in [3.63, 3.8) is 0 Å². The predicted octanol–water partition coefficient (Wildman–Crippen LogP) is 2.79. The van der Waals surface area contributed by atoms with Gasteiger partial charge in [-0.05, 0) is 25.1 Å². The van der Waals surface area contributed by atoms with Crippen molar-refractivity contribution in [2.45, 2.75) is 20.5 Å². The quantitative estimate of drug-likeness (QED) is 0.784. The van der Waals surface area contributed by atoms with Gasteiger partial charge in [0.25, 0.3) is 5.56 Å². The van der Waals surface area contributed by atoms with Gasteiger partial charge >= 0.3 is 0 Å². The van der Waals surface area contributed by atoms with E-state index in [9.17, 15) is 9.59 Å². The van der Waals surface area contributed by atoms with Gasteiger partial charge < -0.3 is 14.6 Å². The molecule has 0 aliphatic carbocycles. The fourth-order valence-corrected chi connectivity index (χ4v) is 2.39. The van der Waals surface area contributed by atoms with E-state index in [1.165, 1.54) is 13.0 Å². The molecule has 0 saturated heterocycles. The molecule has 0 atom stereocenters. The molecule has 2 aromatic heterocycles. The van der Waals surface area contributed by atoms with Crippen LogP contribution >= 0.6 is 11.6 Å². The summed E-state index contributed by atoms with van der Waals surface area (Å²) in [6.45, 7) is 3.18. The van der Waals surface area contributed by atoms with E-state index in [-0.39, 0.29) is 18.1 Å². The van der Waals surface area contributed by atoms with E-state index in [4.69, 9.17) is 20.9 Å². The molecule has 0 fully saturated rings. The zero-order valence-electron chi connectivity index (χ0n) is 13.0. The second-order valence-corrected chi connectivity index (χ2v) is 5.63. The molecule has 1 aromatic carbocycles. The Balaban J connectivity index is 1.85. The molecule has 0 aliphatic heterocycles. The van der Waals surface area contributed by atoms with Gasteiger partial charge in [0, 0.05) is 24.1 Å². The second-order valence-electron chi connectivity index (χ2n) is 5.19. The average Bonchev–Trinajstić information content (AvgIpc) is 2.87. The van der Waals surface area contributed by atoms with Gasteiger partial charge in [0.15, 0.2) is 5.65 Å². The lowest BCUT2D eigenvalue weighted by atomic mass is 10.3. The summed E-state index contributed by atoms with van der Waals surface area (Å²) in [6, 6.07) is 7.87. The zero-order valence-corrected chi connectivity index (χ0v) is 13.8. The Morgan fingerprint density at radius 3 is 2.92 bits per heavy atom. The Morgan fingerprint density at radius 2 is 2.17 bits per heavy atom. The molecule has 1 amide bonds.